The average Bonchev–Trinajstić information content (AvgIpc) is 2.54. The highest BCUT2D eigenvalue weighted by Gasteiger charge is 2.19. The van der Waals surface area contributed by atoms with E-state index >= 15 is 0 Å². The van der Waals surface area contributed by atoms with E-state index in [0.29, 0.717) is 17.2 Å². The molecule has 4 nitrogen and oxygen atoms in total. The van der Waals surface area contributed by atoms with Crippen molar-refractivity contribution in [3.8, 4) is 11.8 Å². The molecule has 1 fully saturated rings. The van der Waals surface area contributed by atoms with Gasteiger partial charge < -0.3 is 10.1 Å². The molecular weight excluding hydrogens is 264 g/mol. The highest BCUT2D eigenvalue weighted by Crippen LogP contribution is 2.23. The first-order valence-corrected chi connectivity index (χ1v) is 7.64. The zero-order chi connectivity index (χ0) is 15.1. The van der Waals surface area contributed by atoms with Gasteiger partial charge in [-0.25, -0.2) is 0 Å². The van der Waals surface area contributed by atoms with Crippen LogP contribution in [0.5, 0.6) is 5.75 Å². The standard InChI is InChI=1S/C17H22N2O2/c1-13(21-16-10-6-5-9-15(16)11-18)17(20)19-12-14-7-3-2-4-8-14/h5-6,9-10,13-14H,2-4,7-8,12H2,1H3,(H,19,20)/t13-/m1/s1. The lowest BCUT2D eigenvalue weighted by molar-refractivity contribution is -0.127. The minimum absolute atomic E-state index is 0.117. The molecule has 4 heteroatoms. The highest BCUT2D eigenvalue weighted by molar-refractivity contribution is 5.80. The van der Waals surface area contributed by atoms with Crippen LogP contribution < -0.4 is 10.1 Å². The van der Waals surface area contributed by atoms with Gasteiger partial charge in [-0.2, -0.15) is 5.26 Å². The van der Waals surface area contributed by atoms with Gasteiger partial charge in [0, 0.05) is 6.54 Å². The second-order valence-electron chi connectivity index (χ2n) is 5.62. The molecule has 1 aliphatic rings. The molecule has 1 atom stereocenters. The van der Waals surface area contributed by atoms with E-state index in [0.717, 1.165) is 6.54 Å². The Labute approximate surface area is 126 Å². The fourth-order valence-electron chi connectivity index (χ4n) is 2.69. The molecule has 112 valence electrons. The number of nitriles is 1. The van der Waals surface area contributed by atoms with Crippen molar-refractivity contribution in [1.29, 1.82) is 5.26 Å². The summed E-state index contributed by atoms with van der Waals surface area (Å²) < 4.78 is 5.60. The van der Waals surface area contributed by atoms with Crippen LogP contribution in [0, 0.1) is 17.2 Å². The first-order valence-electron chi connectivity index (χ1n) is 7.64. The molecule has 1 saturated carbocycles. The number of rotatable bonds is 5. The van der Waals surface area contributed by atoms with Crippen LogP contribution in [-0.2, 0) is 4.79 Å². The van der Waals surface area contributed by atoms with Crippen molar-refractivity contribution in [3.63, 3.8) is 0 Å². The molecule has 0 aliphatic heterocycles. The van der Waals surface area contributed by atoms with Gasteiger partial charge in [-0.1, -0.05) is 31.4 Å². The number of para-hydroxylation sites is 1. The topological polar surface area (TPSA) is 62.1 Å². The first kappa shape index (κ1) is 15.4. The van der Waals surface area contributed by atoms with Crippen molar-refractivity contribution in [2.45, 2.75) is 45.1 Å². The Bertz CT molecular complexity index is 516. The molecule has 1 aromatic rings. The maximum absolute atomic E-state index is 12.1. The third-order valence-corrected chi connectivity index (χ3v) is 3.97. The summed E-state index contributed by atoms with van der Waals surface area (Å²) in [6, 6.07) is 9.03. The second-order valence-corrected chi connectivity index (χ2v) is 5.62. The Morgan fingerprint density at radius 2 is 2.10 bits per heavy atom. The van der Waals surface area contributed by atoms with Crippen LogP contribution >= 0.6 is 0 Å². The lowest BCUT2D eigenvalue weighted by atomic mass is 9.89. The number of carbonyl (C=O) groups is 1. The summed E-state index contributed by atoms with van der Waals surface area (Å²) in [6.45, 7) is 2.44. The third kappa shape index (κ3) is 4.49. The van der Waals surface area contributed by atoms with Crippen LogP contribution in [0.4, 0.5) is 0 Å². The monoisotopic (exact) mass is 286 g/mol. The van der Waals surface area contributed by atoms with Crippen molar-refractivity contribution >= 4 is 5.91 Å². The largest absolute Gasteiger partial charge is 0.480 e. The van der Waals surface area contributed by atoms with Gasteiger partial charge in [-0.3, -0.25) is 4.79 Å². The maximum atomic E-state index is 12.1. The van der Waals surface area contributed by atoms with Crippen LogP contribution in [-0.4, -0.2) is 18.6 Å². The summed E-state index contributed by atoms with van der Waals surface area (Å²) in [7, 11) is 0. The van der Waals surface area contributed by atoms with Gasteiger partial charge >= 0.3 is 0 Å². The van der Waals surface area contributed by atoms with E-state index in [2.05, 4.69) is 11.4 Å². The van der Waals surface area contributed by atoms with Crippen molar-refractivity contribution in [3.05, 3.63) is 29.8 Å². The Balaban J connectivity index is 1.83. The molecule has 0 unspecified atom stereocenters. The first-order chi connectivity index (χ1) is 10.2. The Kier molecular flexibility index (Phi) is 5.62. The molecule has 0 aromatic heterocycles. The summed E-state index contributed by atoms with van der Waals surface area (Å²) in [6.07, 6.45) is 5.65. The van der Waals surface area contributed by atoms with E-state index in [1.165, 1.54) is 32.1 Å². The van der Waals surface area contributed by atoms with Crippen LogP contribution in [0.15, 0.2) is 24.3 Å². The van der Waals surface area contributed by atoms with E-state index in [9.17, 15) is 4.79 Å². The highest BCUT2D eigenvalue weighted by atomic mass is 16.5. The number of nitrogens with one attached hydrogen (secondary N) is 1. The molecular formula is C17H22N2O2. The summed E-state index contributed by atoms with van der Waals surface area (Å²) in [5.41, 5.74) is 0.449. The molecule has 0 bridgehead atoms. The van der Waals surface area contributed by atoms with E-state index in [4.69, 9.17) is 10.00 Å². The molecule has 21 heavy (non-hydrogen) atoms. The average molecular weight is 286 g/mol. The van der Waals surface area contributed by atoms with Gasteiger partial charge in [0.05, 0.1) is 5.56 Å². The number of benzene rings is 1. The third-order valence-electron chi connectivity index (χ3n) is 3.97. The zero-order valence-corrected chi connectivity index (χ0v) is 12.5. The van der Waals surface area contributed by atoms with Crippen LogP contribution in [0.25, 0.3) is 0 Å². The van der Waals surface area contributed by atoms with Gasteiger partial charge in [0.1, 0.15) is 11.8 Å². The zero-order valence-electron chi connectivity index (χ0n) is 12.5. The number of nitrogens with zero attached hydrogens (tertiary/aromatic N) is 1. The van der Waals surface area contributed by atoms with E-state index in [-0.39, 0.29) is 5.91 Å². The molecule has 1 aliphatic carbocycles. The predicted octanol–water partition coefficient (Wildman–Crippen LogP) is 3.02. The van der Waals surface area contributed by atoms with Crippen LogP contribution in [0.3, 0.4) is 0 Å². The summed E-state index contributed by atoms with van der Waals surface area (Å²) >= 11 is 0. The molecule has 1 amide bonds. The minimum Gasteiger partial charge on any atom is -0.480 e. The van der Waals surface area contributed by atoms with Crippen LogP contribution in [0.1, 0.15) is 44.6 Å². The SMILES string of the molecule is C[C@@H](Oc1ccccc1C#N)C(=O)NCC1CCCCC1. The summed E-state index contributed by atoms with van der Waals surface area (Å²) in [4.78, 5) is 12.1. The number of carbonyl (C=O) groups excluding carboxylic acids is 1. The van der Waals surface area contributed by atoms with Gasteiger partial charge in [0.25, 0.3) is 5.91 Å². The van der Waals surface area contributed by atoms with Gasteiger partial charge in [0.15, 0.2) is 6.10 Å². The molecule has 0 saturated heterocycles. The number of hydrogen-bond acceptors (Lipinski definition) is 3. The van der Waals surface area contributed by atoms with Crippen molar-refractivity contribution in [2.24, 2.45) is 5.92 Å². The van der Waals surface area contributed by atoms with Gasteiger partial charge in [0.2, 0.25) is 0 Å². The van der Waals surface area contributed by atoms with Crippen molar-refractivity contribution in [1.82, 2.24) is 5.32 Å². The van der Waals surface area contributed by atoms with Crippen LogP contribution in [0.2, 0.25) is 0 Å². The minimum atomic E-state index is -0.594. The lowest BCUT2D eigenvalue weighted by Crippen LogP contribution is -2.39. The smallest absolute Gasteiger partial charge is 0.260 e. The van der Waals surface area contributed by atoms with Crippen molar-refractivity contribution < 1.29 is 9.53 Å². The maximum Gasteiger partial charge on any atom is 0.260 e. The Morgan fingerprint density at radius 1 is 1.38 bits per heavy atom. The fourth-order valence-corrected chi connectivity index (χ4v) is 2.69. The number of amides is 1. The second kappa shape index (κ2) is 7.68. The molecule has 2 rings (SSSR count). The molecule has 1 aromatic carbocycles. The number of ether oxygens (including phenoxy) is 1. The van der Waals surface area contributed by atoms with E-state index < -0.39 is 6.10 Å². The molecule has 0 spiro atoms. The predicted molar refractivity (Wildman–Crippen MR) is 80.8 cm³/mol. The van der Waals surface area contributed by atoms with Crippen molar-refractivity contribution in [2.75, 3.05) is 6.54 Å². The van der Waals surface area contributed by atoms with Gasteiger partial charge in [-0.05, 0) is 37.8 Å². The molecule has 1 N–H and O–H groups in total. The van der Waals surface area contributed by atoms with E-state index in [1.54, 1.807) is 31.2 Å². The fraction of sp³-hybridized carbons (Fsp3) is 0.529. The normalized spacial score (nSPS) is 16.8. The Morgan fingerprint density at radius 3 is 2.81 bits per heavy atom. The molecule has 0 heterocycles. The summed E-state index contributed by atoms with van der Waals surface area (Å²) in [5, 5.41) is 12.0. The quantitative estimate of drug-likeness (QED) is 0.905. The Hall–Kier alpha value is -2.02. The van der Waals surface area contributed by atoms with Gasteiger partial charge in [-0.15, -0.1) is 0 Å². The van der Waals surface area contributed by atoms with E-state index in [1.807, 2.05) is 0 Å². The number of hydrogen-bond donors (Lipinski definition) is 1. The molecule has 0 radical (unpaired) electrons. The summed E-state index contributed by atoms with van der Waals surface area (Å²) in [5.74, 6) is 0.940. The lowest BCUT2D eigenvalue weighted by Gasteiger charge is -2.23.